The van der Waals surface area contributed by atoms with Crippen molar-refractivity contribution in [2.24, 2.45) is 0 Å². The third-order valence-electron chi connectivity index (χ3n) is 3.14. The number of aliphatic hydroxyl groups excluding tert-OH is 1. The number of ether oxygens (including phenoxy) is 1. The molecule has 0 saturated heterocycles. The van der Waals surface area contributed by atoms with E-state index >= 15 is 0 Å². The summed E-state index contributed by atoms with van der Waals surface area (Å²) in [6.07, 6.45) is 2.32. The Balaban J connectivity index is 1.99. The number of aliphatic hydroxyl groups is 1. The minimum Gasteiger partial charge on any atom is -0.481 e. The first-order chi connectivity index (χ1) is 9.58. The van der Waals surface area contributed by atoms with Crippen molar-refractivity contribution in [3.63, 3.8) is 0 Å². The molecule has 3 nitrogen and oxygen atoms in total. The van der Waals surface area contributed by atoms with Crippen molar-refractivity contribution in [1.29, 1.82) is 0 Å². The first kappa shape index (κ1) is 14.8. The zero-order valence-corrected chi connectivity index (χ0v) is 12.4. The van der Waals surface area contributed by atoms with Gasteiger partial charge in [-0.05, 0) is 29.7 Å². The first-order valence-electron chi connectivity index (χ1n) is 6.50. The highest BCUT2D eigenvalue weighted by atomic mass is 35.5. The molecule has 1 heterocycles. The summed E-state index contributed by atoms with van der Waals surface area (Å²) in [6.45, 7) is 2.00. The van der Waals surface area contributed by atoms with Crippen LogP contribution in [0.4, 0.5) is 0 Å². The monoisotopic (exact) mass is 291 g/mol. The molecule has 1 N–H and O–H groups in total. The van der Waals surface area contributed by atoms with Crippen molar-refractivity contribution in [3.05, 3.63) is 58.2 Å². The van der Waals surface area contributed by atoms with Crippen molar-refractivity contribution >= 4 is 11.6 Å². The van der Waals surface area contributed by atoms with Crippen LogP contribution in [0.2, 0.25) is 5.02 Å². The summed E-state index contributed by atoms with van der Waals surface area (Å²) >= 11 is 6.18. The molecule has 0 aliphatic heterocycles. The summed E-state index contributed by atoms with van der Waals surface area (Å²) in [7, 11) is 1.58. The predicted octanol–water partition coefficient (Wildman–Crippen LogP) is 3.20. The second-order valence-electron chi connectivity index (χ2n) is 4.87. The lowest BCUT2D eigenvalue weighted by Gasteiger charge is -2.12. The summed E-state index contributed by atoms with van der Waals surface area (Å²) in [4.78, 5) is 4.13. The number of benzene rings is 1. The fourth-order valence-corrected chi connectivity index (χ4v) is 2.38. The number of aryl methyl sites for hydroxylation is 1. The van der Waals surface area contributed by atoms with E-state index in [1.165, 1.54) is 0 Å². The normalized spacial score (nSPS) is 12.2. The van der Waals surface area contributed by atoms with Crippen LogP contribution in [0.5, 0.6) is 5.88 Å². The molecule has 0 aliphatic rings. The van der Waals surface area contributed by atoms with Gasteiger partial charge in [0.2, 0.25) is 5.88 Å². The molecule has 0 aliphatic carbocycles. The van der Waals surface area contributed by atoms with E-state index in [9.17, 15) is 5.11 Å². The predicted molar refractivity (Wildman–Crippen MR) is 80.4 cm³/mol. The van der Waals surface area contributed by atoms with Gasteiger partial charge in [-0.25, -0.2) is 4.98 Å². The van der Waals surface area contributed by atoms with Gasteiger partial charge in [0.1, 0.15) is 0 Å². The quantitative estimate of drug-likeness (QED) is 0.920. The summed E-state index contributed by atoms with van der Waals surface area (Å²) in [5.41, 5.74) is 3.06. The molecule has 1 unspecified atom stereocenters. The molecule has 1 atom stereocenters. The van der Waals surface area contributed by atoms with Gasteiger partial charge < -0.3 is 9.84 Å². The Kier molecular flexibility index (Phi) is 4.99. The minimum atomic E-state index is -0.481. The molecule has 0 amide bonds. The maximum absolute atomic E-state index is 10.2. The molecule has 0 fully saturated rings. The molecule has 20 heavy (non-hydrogen) atoms. The van der Waals surface area contributed by atoms with Crippen LogP contribution in [0.1, 0.15) is 16.7 Å². The largest absolute Gasteiger partial charge is 0.481 e. The van der Waals surface area contributed by atoms with E-state index in [2.05, 4.69) is 4.98 Å². The lowest BCUT2D eigenvalue weighted by Crippen LogP contribution is -2.14. The Morgan fingerprint density at radius 2 is 2.05 bits per heavy atom. The van der Waals surface area contributed by atoms with E-state index in [0.717, 1.165) is 16.7 Å². The van der Waals surface area contributed by atoms with Gasteiger partial charge in [0.15, 0.2) is 0 Å². The number of nitrogens with zero attached hydrogens (tertiary/aromatic N) is 1. The second kappa shape index (κ2) is 6.73. The summed E-state index contributed by atoms with van der Waals surface area (Å²) < 4.78 is 5.01. The topological polar surface area (TPSA) is 42.4 Å². The van der Waals surface area contributed by atoms with Crippen molar-refractivity contribution in [1.82, 2.24) is 4.98 Å². The zero-order valence-electron chi connectivity index (χ0n) is 11.6. The lowest BCUT2D eigenvalue weighted by molar-refractivity contribution is 0.175. The van der Waals surface area contributed by atoms with Crippen molar-refractivity contribution < 1.29 is 9.84 Å². The van der Waals surface area contributed by atoms with Gasteiger partial charge in [0.05, 0.1) is 13.2 Å². The maximum atomic E-state index is 10.2. The summed E-state index contributed by atoms with van der Waals surface area (Å²) in [6, 6.07) is 9.58. The highest BCUT2D eigenvalue weighted by molar-refractivity contribution is 6.31. The van der Waals surface area contributed by atoms with Gasteiger partial charge >= 0.3 is 0 Å². The first-order valence-corrected chi connectivity index (χ1v) is 6.88. The van der Waals surface area contributed by atoms with Gasteiger partial charge in [-0.1, -0.05) is 29.8 Å². The second-order valence-corrected chi connectivity index (χ2v) is 5.27. The molecule has 106 valence electrons. The summed E-state index contributed by atoms with van der Waals surface area (Å²) in [5.74, 6) is 0.574. The number of aromatic nitrogens is 1. The third kappa shape index (κ3) is 3.95. The Morgan fingerprint density at radius 3 is 2.65 bits per heavy atom. The molecule has 0 radical (unpaired) electrons. The van der Waals surface area contributed by atoms with E-state index in [1.807, 2.05) is 31.2 Å². The van der Waals surface area contributed by atoms with E-state index < -0.39 is 6.10 Å². The van der Waals surface area contributed by atoms with Crippen molar-refractivity contribution in [2.75, 3.05) is 7.11 Å². The van der Waals surface area contributed by atoms with Crippen LogP contribution in [0.25, 0.3) is 0 Å². The zero-order chi connectivity index (χ0) is 14.5. The highest BCUT2D eigenvalue weighted by Gasteiger charge is 2.10. The highest BCUT2D eigenvalue weighted by Crippen LogP contribution is 2.20. The molecule has 0 spiro atoms. The Morgan fingerprint density at radius 1 is 1.25 bits per heavy atom. The number of hydrogen-bond donors (Lipinski definition) is 1. The third-order valence-corrected chi connectivity index (χ3v) is 3.49. The number of hydrogen-bond acceptors (Lipinski definition) is 3. The van der Waals surface area contributed by atoms with Gasteiger partial charge in [0, 0.05) is 30.1 Å². The fraction of sp³-hybridized carbons (Fsp3) is 0.312. The van der Waals surface area contributed by atoms with Crippen LogP contribution in [0, 0.1) is 6.92 Å². The van der Waals surface area contributed by atoms with E-state index in [4.69, 9.17) is 16.3 Å². The van der Waals surface area contributed by atoms with Crippen LogP contribution in [-0.2, 0) is 12.8 Å². The van der Waals surface area contributed by atoms with Crippen LogP contribution in [0.3, 0.4) is 0 Å². The van der Waals surface area contributed by atoms with E-state index in [1.54, 1.807) is 19.4 Å². The molecule has 2 aromatic rings. The lowest BCUT2D eigenvalue weighted by atomic mass is 10.0. The molecule has 1 aromatic heterocycles. The number of methoxy groups -OCH3 is 1. The number of pyridine rings is 1. The molecule has 2 rings (SSSR count). The van der Waals surface area contributed by atoms with Gasteiger partial charge in [-0.2, -0.15) is 0 Å². The number of rotatable bonds is 5. The van der Waals surface area contributed by atoms with Crippen molar-refractivity contribution in [3.8, 4) is 5.88 Å². The maximum Gasteiger partial charge on any atom is 0.212 e. The van der Waals surface area contributed by atoms with Gasteiger partial charge in [-0.15, -0.1) is 0 Å². The molecule has 0 bridgehead atoms. The minimum absolute atomic E-state index is 0.481. The molecular formula is C16H18ClNO2. The Hall–Kier alpha value is -1.58. The van der Waals surface area contributed by atoms with Crippen molar-refractivity contribution in [2.45, 2.75) is 25.9 Å². The Bertz CT molecular complexity index is 569. The Labute approximate surface area is 124 Å². The van der Waals surface area contributed by atoms with Crippen LogP contribution >= 0.6 is 11.6 Å². The molecule has 4 heteroatoms. The molecule has 1 aromatic carbocycles. The molecular weight excluding hydrogens is 274 g/mol. The van der Waals surface area contributed by atoms with Crippen LogP contribution in [-0.4, -0.2) is 23.3 Å². The fourth-order valence-electron chi connectivity index (χ4n) is 2.07. The van der Waals surface area contributed by atoms with Crippen LogP contribution < -0.4 is 4.74 Å². The van der Waals surface area contributed by atoms with E-state index in [0.29, 0.717) is 23.7 Å². The van der Waals surface area contributed by atoms with E-state index in [-0.39, 0.29) is 0 Å². The average molecular weight is 292 g/mol. The van der Waals surface area contributed by atoms with Gasteiger partial charge in [0.25, 0.3) is 0 Å². The number of halogens is 1. The molecule has 0 saturated carbocycles. The smallest absolute Gasteiger partial charge is 0.212 e. The average Bonchev–Trinajstić information content (AvgIpc) is 2.43. The SMILES string of the molecule is COc1ccc(CC(O)Cc2ccc(C)cc2Cl)cn1. The van der Waals surface area contributed by atoms with Gasteiger partial charge in [-0.3, -0.25) is 0 Å². The van der Waals surface area contributed by atoms with Crippen LogP contribution in [0.15, 0.2) is 36.5 Å². The summed E-state index contributed by atoms with van der Waals surface area (Å²) in [5, 5.41) is 10.9. The standard InChI is InChI=1S/C16H18ClNO2/c1-11-3-5-13(15(17)7-11)9-14(19)8-12-4-6-16(20-2)18-10-12/h3-7,10,14,19H,8-9H2,1-2H3.